The van der Waals surface area contributed by atoms with E-state index in [0.717, 1.165) is 84.6 Å². The molecule has 8 heterocycles. The van der Waals surface area contributed by atoms with Crippen LogP contribution in [0.2, 0.25) is 10.0 Å². The molecule has 0 spiro atoms. The van der Waals surface area contributed by atoms with E-state index in [4.69, 9.17) is 68.8 Å². The minimum absolute atomic E-state index is 0.110. The van der Waals surface area contributed by atoms with Gasteiger partial charge in [0.2, 0.25) is 59.3 Å². The van der Waals surface area contributed by atoms with E-state index in [9.17, 15) is 75.0 Å². The van der Waals surface area contributed by atoms with Crippen molar-refractivity contribution in [3.05, 3.63) is 123 Å². The Balaban J connectivity index is 1.17. The van der Waals surface area contributed by atoms with E-state index < -0.39 is 236 Å². The summed E-state index contributed by atoms with van der Waals surface area (Å²) in [6, 6.07) is 0.263. The van der Waals surface area contributed by atoms with Gasteiger partial charge >= 0.3 is 5.97 Å². The molecule has 0 aliphatic carbocycles. The van der Waals surface area contributed by atoms with Crippen LogP contribution in [0.4, 0.5) is 5.82 Å². The van der Waals surface area contributed by atoms with Gasteiger partial charge in [-0.05, 0) is 110 Å². The van der Waals surface area contributed by atoms with Crippen molar-refractivity contribution in [1.82, 2.24) is 47.2 Å². The molecule has 7 amide bonds. The number of halogens is 2. The van der Waals surface area contributed by atoms with Crippen LogP contribution in [-0.2, 0) is 52.6 Å². The van der Waals surface area contributed by atoms with Gasteiger partial charge in [-0.1, -0.05) is 67.0 Å². The molecule has 0 radical (unpaired) electrons. The number of amides is 7. The van der Waals surface area contributed by atoms with Crippen LogP contribution < -0.4 is 68.6 Å². The smallest absolute Gasteiger partial charge is 0.330 e. The Morgan fingerprint density at radius 2 is 1.35 bits per heavy atom. The number of carbonyl (C=O) groups excluding carboxylic acids is 7. The maximum absolute atomic E-state index is 16.2. The lowest BCUT2D eigenvalue weighted by atomic mass is 9.86. The molecule has 11 unspecified atom stereocenters. The highest BCUT2D eigenvalue weighted by Gasteiger charge is 2.52. The molecule has 5 aromatic carbocycles. The number of hydrogen-bond donors (Lipinski definition) is 20. The van der Waals surface area contributed by atoms with Crippen molar-refractivity contribution in [2.24, 2.45) is 17.4 Å². The summed E-state index contributed by atoms with van der Waals surface area (Å²) in [4.78, 5) is 126. The zero-order chi connectivity index (χ0) is 79.1. The number of aromatic nitrogens is 2. The number of likely N-dealkylation sites (N-methyl/N-ethyl adjacent to an activating group) is 1. The predicted molar refractivity (Wildman–Crippen MR) is 381 cm³/mol. The van der Waals surface area contributed by atoms with E-state index in [2.05, 4.69) is 47.2 Å². The quantitative estimate of drug-likeness (QED) is 0.0503. The van der Waals surface area contributed by atoms with Gasteiger partial charge in [-0.2, -0.15) is 4.98 Å². The van der Waals surface area contributed by atoms with E-state index in [1.807, 2.05) is 13.8 Å². The number of nitrogen functional groups attached to an aromatic ring is 1. The van der Waals surface area contributed by atoms with Gasteiger partial charge < -0.3 is 134 Å². The van der Waals surface area contributed by atoms with Crippen molar-refractivity contribution >= 4 is 88.1 Å². The molecular weight excluding hydrogens is 1500 g/mol. The molecule has 2 saturated heterocycles. The average Bonchev–Trinajstić information content (AvgIpc) is 0.767. The third kappa shape index (κ3) is 17.5. The second-order valence-electron chi connectivity index (χ2n) is 27.3. The topological polar surface area (TPSA) is 582 Å². The van der Waals surface area contributed by atoms with Crippen LogP contribution in [0.5, 0.6) is 51.9 Å². The zero-order valence-electron chi connectivity index (χ0n) is 58.3. The number of ether oxygens (including phenoxy) is 6. The van der Waals surface area contributed by atoms with Gasteiger partial charge in [0.05, 0.1) is 40.8 Å². The van der Waals surface area contributed by atoms with Crippen molar-refractivity contribution in [2.45, 2.75) is 161 Å². The summed E-state index contributed by atoms with van der Waals surface area (Å²) in [6.45, 7) is 6.63. The van der Waals surface area contributed by atoms with E-state index in [1.54, 1.807) is 0 Å². The number of aliphatic hydroxyl groups excluding tert-OH is 5. The van der Waals surface area contributed by atoms with E-state index in [0.29, 0.717) is 0 Å². The number of carbonyl (C=O) groups is 8. The molecule has 0 saturated carbocycles. The van der Waals surface area contributed by atoms with Crippen molar-refractivity contribution in [3.63, 3.8) is 0 Å². The second kappa shape index (κ2) is 32.6. The third-order valence-corrected chi connectivity index (χ3v) is 20.2. The first kappa shape index (κ1) is 79.9. The SMILES string of the molecule is CN[C@@H](CC(C)C)C(=O)N[C@H]1C(=O)N[C@@H](CC(N)=O)C(=O)NC2C(=O)NC3C(=O)N[C@H](C(=O)N[C@@H](C(=O)O)c4cc(O)cc(O)c4-c4cc3ccc4O)[C@H](O)c3ccc(c(Cl)c3)Oc3cc2cc(c3OC2OC(CSc3nc(N)cc(O)n3)C(O)C(O)C2OC2CC(C)(N)C(O)C(C)O2)Oc2ccc(cc2Cl)[C@H]1O. The number of nitrogens with two attached hydrogens (primary N) is 3. The van der Waals surface area contributed by atoms with E-state index >= 15 is 14.4 Å². The summed E-state index contributed by atoms with van der Waals surface area (Å²) in [5.41, 5.74) is 13.9. The normalized spacial score (nSPS) is 28.1. The average molecular weight is 1570 g/mol. The number of benzene rings is 5. The number of nitrogens with zero attached hydrogens (tertiary/aromatic N) is 2. The number of carboxylic acids is 1. The molecular formula is C70H78Cl2N12O24S. The fourth-order valence-corrected chi connectivity index (χ4v) is 14.5. The number of phenolic OH excluding ortho intramolecular Hbond substituents is 3. The first-order valence-electron chi connectivity index (χ1n) is 33.8. The van der Waals surface area contributed by atoms with Crippen molar-refractivity contribution < 1.29 is 118 Å². The number of aromatic hydroxyl groups is 4. The zero-order valence-corrected chi connectivity index (χ0v) is 60.6. The minimum atomic E-state index is -2.37. The summed E-state index contributed by atoms with van der Waals surface area (Å²) < 4.78 is 39.3. The highest BCUT2D eigenvalue weighted by atomic mass is 35.5. The predicted octanol–water partition coefficient (Wildman–Crippen LogP) is 0.984. The van der Waals surface area contributed by atoms with Crippen LogP contribution in [0.25, 0.3) is 11.1 Å². The number of hydrogen-bond acceptors (Lipinski definition) is 29. The van der Waals surface area contributed by atoms with Gasteiger partial charge in [0.25, 0.3) is 0 Å². The van der Waals surface area contributed by atoms with Crippen LogP contribution in [-0.4, -0.2) is 200 Å². The summed E-state index contributed by atoms with van der Waals surface area (Å²) >= 11 is 15.0. The van der Waals surface area contributed by atoms with Crippen molar-refractivity contribution in [2.75, 3.05) is 18.5 Å². The Bertz CT molecular complexity index is 4550. The standard InChI is InChI=1S/C70H78Cl2N12O24S/c1-24(2)12-35(76-5)61(95)83-52-54(90)27-7-10-39(33(71)14-27)104-41-16-29-17-42(58(41)108-68-59(107-47-22-70(4,75)60(94)25(3)103-47)57(93)56(92)43(106-68)23-109-69-78-44(73)21-46(89)79-69)105-40-11-8-28(15-34(40)72)55(91)53-66(100)82-51(67(101)102)32-18-30(85)19-38(87)48(32)31-13-26(6-9-37(31)86)49(63(97)84-53)81-64(98)50(29)80-62(96)36(20-45(74)88)77-65(52)99/h6-11,13-19,21,24-25,35-36,43,47,49-57,59-60,68,76,85-87,90-94H,12,20,22-23,75H2,1-5H3,(H2,74,88)(H,77,99)(H,80,96)(H,81,98)(H,82,100)(H,83,95)(H,84,97)(H,101,102)(H3,73,78,79,89)/t25?,35-,36-,43?,47?,49?,50?,51+,52+,53-,54+,55+,56?,57?,59?,60?,68?,70?/m0/s1. The number of nitrogens with one attached hydrogen (secondary N) is 7. The molecule has 36 nitrogen and oxygen atoms in total. The Hall–Kier alpha value is -10.1. The first-order chi connectivity index (χ1) is 51.5. The monoisotopic (exact) mass is 1570 g/mol. The Kier molecular flexibility index (Phi) is 23.9. The molecule has 23 N–H and O–H groups in total. The number of aliphatic hydroxyl groups is 5. The number of primary amides is 1. The minimum Gasteiger partial charge on any atom is -0.508 e. The number of thioether (sulfide) groups is 1. The molecule has 6 aromatic rings. The van der Waals surface area contributed by atoms with Gasteiger partial charge in [0.1, 0.15) is 89.2 Å². The number of anilines is 1. The molecule has 109 heavy (non-hydrogen) atoms. The fourth-order valence-electron chi connectivity index (χ4n) is 13.1. The largest absolute Gasteiger partial charge is 0.508 e. The summed E-state index contributed by atoms with van der Waals surface area (Å²) in [5, 5.41) is 132. The summed E-state index contributed by atoms with van der Waals surface area (Å²) in [7, 11) is 1.47. The fraction of sp³-hybridized carbons (Fsp3) is 0.400. The van der Waals surface area contributed by atoms with Crippen LogP contribution in [0.1, 0.15) is 105 Å². The van der Waals surface area contributed by atoms with Crippen LogP contribution in [0.15, 0.2) is 90.1 Å². The Morgan fingerprint density at radius 1 is 0.725 bits per heavy atom. The number of aliphatic carboxylic acids is 1. The molecule has 7 aliphatic heterocycles. The van der Waals surface area contributed by atoms with E-state index in [1.165, 1.54) is 33.0 Å². The van der Waals surface area contributed by atoms with Gasteiger partial charge in [0.15, 0.2) is 35.1 Å². The lowest BCUT2D eigenvalue weighted by molar-refractivity contribution is -0.329. The third-order valence-electron chi connectivity index (χ3n) is 18.7. The molecule has 13 rings (SSSR count). The highest BCUT2D eigenvalue weighted by Crippen LogP contribution is 2.50. The van der Waals surface area contributed by atoms with Crippen LogP contribution in [0, 0.1) is 5.92 Å². The molecule has 11 bridgehead atoms. The van der Waals surface area contributed by atoms with Gasteiger partial charge in [0, 0.05) is 46.5 Å². The van der Waals surface area contributed by atoms with E-state index in [-0.39, 0.29) is 62.9 Å². The second-order valence-corrected chi connectivity index (χ2v) is 29.1. The first-order valence-corrected chi connectivity index (χ1v) is 35.5. The van der Waals surface area contributed by atoms with Crippen molar-refractivity contribution in [1.29, 1.82) is 0 Å². The summed E-state index contributed by atoms with van der Waals surface area (Å²) in [5.74, 6) is -17.2. The molecule has 39 heteroatoms. The maximum atomic E-state index is 16.2. The van der Waals surface area contributed by atoms with Crippen LogP contribution >= 0.6 is 35.0 Å². The number of fused-ring (bicyclic) bond motifs is 15. The van der Waals surface area contributed by atoms with Gasteiger partial charge in [-0.15, -0.1) is 0 Å². The van der Waals surface area contributed by atoms with Crippen molar-refractivity contribution in [3.8, 4) is 63.0 Å². The lowest BCUT2D eigenvalue weighted by Gasteiger charge is -2.47. The molecule has 2 fully saturated rings. The van der Waals surface area contributed by atoms with Crippen LogP contribution in [0.3, 0.4) is 0 Å². The number of carboxylic acid groups (broad SMARTS) is 1. The Morgan fingerprint density at radius 3 is 1.95 bits per heavy atom. The number of rotatable bonds is 15. The molecule has 1 aromatic heterocycles. The molecule has 7 aliphatic rings. The highest BCUT2D eigenvalue weighted by molar-refractivity contribution is 7.99. The molecule has 582 valence electrons. The molecule has 18 atom stereocenters. The lowest BCUT2D eigenvalue weighted by Crippen LogP contribution is -2.64. The summed E-state index contributed by atoms with van der Waals surface area (Å²) in [6.07, 6.45) is -18.7. The maximum Gasteiger partial charge on any atom is 0.330 e. The Labute approximate surface area is 633 Å². The number of phenols is 3. The van der Waals surface area contributed by atoms with Gasteiger partial charge in [-0.3, -0.25) is 33.6 Å². The van der Waals surface area contributed by atoms with Gasteiger partial charge in [-0.25, -0.2) is 9.78 Å².